The fraction of sp³-hybridized carbons (Fsp3) is 0.500. The van der Waals surface area contributed by atoms with E-state index in [1.807, 2.05) is 0 Å². The molecule has 5 nitrogen and oxygen atoms in total. The molecule has 1 atom stereocenters. The van der Waals surface area contributed by atoms with Crippen LogP contribution < -0.4 is 10.1 Å². The molecule has 33 heavy (non-hydrogen) atoms. The zero-order chi connectivity index (χ0) is 23.9. The smallest absolute Gasteiger partial charge is 0.265 e. The van der Waals surface area contributed by atoms with Gasteiger partial charge in [0.15, 0.2) is 6.10 Å². The molecule has 0 aliphatic carbocycles. The van der Waals surface area contributed by atoms with Crippen molar-refractivity contribution >= 4 is 11.6 Å². The van der Waals surface area contributed by atoms with E-state index in [2.05, 4.69) is 18.3 Å². The maximum atomic E-state index is 13.0. The predicted molar refractivity (Wildman–Crippen MR) is 134 cm³/mol. The van der Waals surface area contributed by atoms with E-state index in [4.69, 9.17) is 4.74 Å². The number of nitrogens with zero attached hydrogens (tertiary/aromatic N) is 1. The highest BCUT2D eigenvalue weighted by molar-refractivity contribution is 5.94. The minimum absolute atomic E-state index is 0.134. The standard InChI is InChI=1S/C28H38N2O3/c1-3-4-5-6-7-8-9-10-11-12-17-27(33-26-16-14-13-15-23(26)21-29)28(32)30-24-19-18-22(2)25(31)20-24/h13-16,18-20,27,31H,3-12,17H2,1-2H3,(H,30,32). The summed E-state index contributed by atoms with van der Waals surface area (Å²) < 4.78 is 6.01. The summed E-state index contributed by atoms with van der Waals surface area (Å²) in [5.74, 6) is 0.274. The highest BCUT2D eigenvalue weighted by Gasteiger charge is 2.22. The second-order valence-corrected chi connectivity index (χ2v) is 8.68. The number of aryl methyl sites for hydroxylation is 1. The number of phenols is 1. The first-order valence-corrected chi connectivity index (χ1v) is 12.3. The maximum absolute atomic E-state index is 13.0. The number of para-hydroxylation sites is 1. The van der Waals surface area contributed by atoms with Crippen molar-refractivity contribution in [3.8, 4) is 17.6 Å². The number of carbonyl (C=O) groups is 1. The molecule has 0 saturated heterocycles. The van der Waals surface area contributed by atoms with Crippen LogP contribution in [-0.2, 0) is 4.79 Å². The maximum Gasteiger partial charge on any atom is 0.265 e. The minimum Gasteiger partial charge on any atom is -0.508 e. The Kier molecular flexibility index (Phi) is 11.9. The van der Waals surface area contributed by atoms with Crippen LogP contribution in [0.5, 0.6) is 11.5 Å². The van der Waals surface area contributed by atoms with E-state index in [9.17, 15) is 15.2 Å². The van der Waals surface area contributed by atoms with Crippen molar-refractivity contribution < 1.29 is 14.6 Å². The number of carbonyl (C=O) groups excluding carboxylic acids is 1. The first-order chi connectivity index (χ1) is 16.0. The number of hydrogen-bond donors (Lipinski definition) is 2. The number of unbranched alkanes of at least 4 members (excludes halogenated alkanes) is 9. The van der Waals surface area contributed by atoms with Crippen LogP contribution in [0.15, 0.2) is 42.5 Å². The van der Waals surface area contributed by atoms with Gasteiger partial charge in [0, 0.05) is 11.8 Å². The number of rotatable bonds is 15. The van der Waals surface area contributed by atoms with Crippen molar-refractivity contribution in [2.45, 2.75) is 90.6 Å². The van der Waals surface area contributed by atoms with E-state index in [0.29, 0.717) is 23.4 Å². The Morgan fingerprint density at radius 1 is 1.00 bits per heavy atom. The third-order valence-electron chi connectivity index (χ3n) is 5.87. The van der Waals surface area contributed by atoms with Crippen LogP contribution in [-0.4, -0.2) is 17.1 Å². The molecule has 1 unspecified atom stereocenters. The molecule has 0 heterocycles. The number of phenolic OH excluding ortho intramolecular Hbond substituents is 1. The van der Waals surface area contributed by atoms with E-state index < -0.39 is 6.10 Å². The number of nitrogens with one attached hydrogen (secondary N) is 1. The molecule has 2 rings (SSSR count). The van der Waals surface area contributed by atoms with Crippen molar-refractivity contribution in [2.75, 3.05) is 5.32 Å². The number of anilines is 1. The molecule has 0 spiro atoms. The number of aromatic hydroxyl groups is 1. The lowest BCUT2D eigenvalue weighted by Crippen LogP contribution is -2.33. The van der Waals surface area contributed by atoms with Crippen LogP contribution >= 0.6 is 0 Å². The number of amides is 1. The normalized spacial score (nSPS) is 11.5. The van der Waals surface area contributed by atoms with Gasteiger partial charge in [-0.2, -0.15) is 5.26 Å². The van der Waals surface area contributed by atoms with E-state index in [1.165, 1.54) is 51.0 Å². The van der Waals surface area contributed by atoms with Gasteiger partial charge in [0.05, 0.1) is 5.56 Å². The van der Waals surface area contributed by atoms with E-state index in [-0.39, 0.29) is 11.7 Å². The molecule has 2 aromatic rings. The Labute approximate surface area is 198 Å². The third-order valence-corrected chi connectivity index (χ3v) is 5.87. The van der Waals surface area contributed by atoms with Crippen LogP contribution in [0.1, 0.15) is 88.7 Å². The summed E-state index contributed by atoms with van der Waals surface area (Å²) in [5.41, 5.74) is 1.67. The van der Waals surface area contributed by atoms with Crippen LogP contribution in [0, 0.1) is 18.3 Å². The van der Waals surface area contributed by atoms with Crippen LogP contribution in [0.25, 0.3) is 0 Å². The molecule has 5 heteroatoms. The zero-order valence-electron chi connectivity index (χ0n) is 20.1. The number of ether oxygens (including phenoxy) is 1. The van der Waals surface area contributed by atoms with Crippen molar-refractivity contribution in [3.05, 3.63) is 53.6 Å². The molecule has 1 amide bonds. The van der Waals surface area contributed by atoms with Gasteiger partial charge in [-0.05, 0) is 43.5 Å². The lowest BCUT2D eigenvalue weighted by atomic mass is 10.0. The van der Waals surface area contributed by atoms with E-state index in [0.717, 1.165) is 24.8 Å². The van der Waals surface area contributed by atoms with Crippen molar-refractivity contribution in [1.29, 1.82) is 5.26 Å². The quantitative estimate of drug-likeness (QED) is 0.280. The molecule has 178 valence electrons. The average molecular weight is 451 g/mol. The minimum atomic E-state index is -0.711. The molecule has 2 aromatic carbocycles. The summed E-state index contributed by atoms with van der Waals surface area (Å²) in [6.45, 7) is 4.04. The van der Waals surface area contributed by atoms with Crippen molar-refractivity contribution in [2.24, 2.45) is 0 Å². The number of hydrogen-bond acceptors (Lipinski definition) is 4. The highest BCUT2D eigenvalue weighted by Crippen LogP contribution is 2.24. The summed E-state index contributed by atoms with van der Waals surface area (Å²) in [6, 6.07) is 14.1. The van der Waals surface area contributed by atoms with Gasteiger partial charge in [-0.3, -0.25) is 4.79 Å². The Bertz CT molecular complexity index is 904. The molecule has 0 aliphatic rings. The molecule has 0 aliphatic heterocycles. The van der Waals surface area contributed by atoms with E-state index >= 15 is 0 Å². The topological polar surface area (TPSA) is 82.3 Å². The van der Waals surface area contributed by atoms with E-state index in [1.54, 1.807) is 43.3 Å². The zero-order valence-corrected chi connectivity index (χ0v) is 20.1. The first kappa shape index (κ1) is 26.3. The Hall–Kier alpha value is -3.00. The average Bonchev–Trinajstić information content (AvgIpc) is 2.82. The number of benzene rings is 2. The lowest BCUT2D eigenvalue weighted by molar-refractivity contribution is -0.123. The summed E-state index contributed by atoms with van der Waals surface area (Å²) >= 11 is 0. The fourth-order valence-electron chi connectivity index (χ4n) is 3.79. The highest BCUT2D eigenvalue weighted by atomic mass is 16.5. The summed E-state index contributed by atoms with van der Waals surface area (Å²) in [7, 11) is 0. The van der Waals surface area contributed by atoms with Crippen molar-refractivity contribution in [3.63, 3.8) is 0 Å². The van der Waals surface area contributed by atoms with Gasteiger partial charge >= 0.3 is 0 Å². The summed E-state index contributed by atoms with van der Waals surface area (Å²) in [6.07, 6.45) is 12.0. The van der Waals surface area contributed by atoms with Gasteiger partial charge < -0.3 is 15.2 Å². The number of nitriles is 1. The lowest BCUT2D eigenvalue weighted by Gasteiger charge is -2.20. The van der Waals surface area contributed by atoms with Crippen molar-refractivity contribution in [1.82, 2.24) is 0 Å². The first-order valence-electron chi connectivity index (χ1n) is 12.3. The molecule has 2 N–H and O–H groups in total. The second-order valence-electron chi connectivity index (χ2n) is 8.68. The molecule has 0 saturated carbocycles. The molecule has 0 bridgehead atoms. The van der Waals surface area contributed by atoms with Gasteiger partial charge in [0.25, 0.3) is 5.91 Å². The molecular formula is C28H38N2O3. The third kappa shape index (κ3) is 9.57. The molecule has 0 radical (unpaired) electrons. The Morgan fingerprint density at radius 2 is 1.64 bits per heavy atom. The van der Waals surface area contributed by atoms with Crippen LogP contribution in [0.3, 0.4) is 0 Å². The SMILES string of the molecule is CCCCCCCCCCCCC(Oc1ccccc1C#N)C(=O)Nc1ccc(C)c(O)c1. The summed E-state index contributed by atoms with van der Waals surface area (Å²) in [5, 5.41) is 22.2. The molecular weight excluding hydrogens is 412 g/mol. The largest absolute Gasteiger partial charge is 0.508 e. The molecule has 0 fully saturated rings. The molecule has 0 aromatic heterocycles. The summed E-state index contributed by atoms with van der Waals surface area (Å²) in [4.78, 5) is 13.0. The predicted octanol–water partition coefficient (Wildman–Crippen LogP) is 7.27. The van der Waals surface area contributed by atoms with Gasteiger partial charge in [-0.15, -0.1) is 0 Å². The monoisotopic (exact) mass is 450 g/mol. The van der Waals surface area contributed by atoms with Gasteiger partial charge in [-0.25, -0.2) is 0 Å². The van der Waals surface area contributed by atoms with Crippen LogP contribution in [0.2, 0.25) is 0 Å². The Balaban J connectivity index is 1.90. The van der Waals surface area contributed by atoms with Crippen LogP contribution in [0.4, 0.5) is 5.69 Å². The fourth-order valence-corrected chi connectivity index (χ4v) is 3.79. The second kappa shape index (κ2) is 14.9. The Morgan fingerprint density at radius 3 is 2.27 bits per heavy atom. The van der Waals surface area contributed by atoms with Gasteiger partial charge in [0.2, 0.25) is 0 Å². The van der Waals surface area contributed by atoms with Gasteiger partial charge in [-0.1, -0.05) is 82.9 Å². The van der Waals surface area contributed by atoms with Gasteiger partial charge in [0.1, 0.15) is 17.6 Å².